The summed E-state index contributed by atoms with van der Waals surface area (Å²) in [6, 6.07) is 10.9. The first kappa shape index (κ1) is 19.3. The summed E-state index contributed by atoms with van der Waals surface area (Å²) in [5, 5.41) is 23.4. The Morgan fingerprint density at radius 1 is 1.17 bits per heavy atom. The highest BCUT2D eigenvalue weighted by Crippen LogP contribution is 2.29. The van der Waals surface area contributed by atoms with Gasteiger partial charge in [0.15, 0.2) is 17.3 Å². The number of hydrogen-bond donors (Lipinski definition) is 2. The molecule has 0 amide bonds. The summed E-state index contributed by atoms with van der Waals surface area (Å²) in [6.07, 6.45) is 4.32. The summed E-state index contributed by atoms with van der Waals surface area (Å²) < 4.78 is 0. The molecule has 0 unspecified atom stereocenters. The molecule has 1 saturated heterocycles. The average molecular weight is 391 g/mol. The summed E-state index contributed by atoms with van der Waals surface area (Å²) in [7, 11) is 0. The van der Waals surface area contributed by atoms with Crippen LogP contribution in [-0.2, 0) is 0 Å². The third-order valence-electron chi connectivity index (χ3n) is 5.46. The fraction of sp³-hybridized carbons (Fsp3) is 0.476. The number of aromatic nitrogens is 3. The van der Waals surface area contributed by atoms with Crippen molar-refractivity contribution in [1.29, 1.82) is 5.26 Å². The number of nitrogens with one attached hydrogen (secondary N) is 2. The van der Waals surface area contributed by atoms with Crippen molar-refractivity contribution in [3.63, 3.8) is 0 Å². The predicted molar refractivity (Wildman–Crippen MR) is 110 cm³/mol. The van der Waals surface area contributed by atoms with Crippen LogP contribution in [0.15, 0.2) is 24.3 Å². The minimum atomic E-state index is -0.148. The Morgan fingerprint density at radius 3 is 2.52 bits per heavy atom. The average Bonchev–Trinajstić information content (AvgIpc) is 3.53. The van der Waals surface area contributed by atoms with Crippen molar-refractivity contribution in [2.75, 3.05) is 30.3 Å². The van der Waals surface area contributed by atoms with Gasteiger partial charge in [-0.05, 0) is 62.4 Å². The minimum absolute atomic E-state index is 0.148. The highest BCUT2D eigenvalue weighted by molar-refractivity contribution is 5.96. The number of anilines is 3. The number of ketones is 1. The van der Waals surface area contributed by atoms with Gasteiger partial charge in [-0.15, -0.1) is 10.2 Å². The number of carbonyl (C=O) groups excluding carboxylic acids is 1. The van der Waals surface area contributed by atoms with Crippen molar-refractivity contribution in [3.05, 3.63) is 35.5 Å². The van der Waals surface area contributed by atoms with Gasteiger partial charge in [-0.2, -0.15) is 10.2 Å². The third-order valence-corrected chi connectivity index (χ3v) is 5.46. The molecule has 2 fully saturated rings. The van der Waals surface area contributed by atoms with Gasteiger partial charge in [0.1, 0.15) is 0 Å². The first-order valence-corrected chi connectivity index (χ1v) is 10.1. The van der Waals surface area contributed by atoms with E-state index >= 15 is 0 Å². The van der Waals surface area contributed by atoms with Crippen molar-refractivity contribution in [3.8, 4) is 6.07 Å². The van der Waals surface area contributed by atoms with E-state index in [0.29, 0.717) is 30.3 Å². The number of hydrogen-bond acceptors (Lipinski definition) is 8. The lowest BCUT2D eigenvalue weighted by molar-refractivity contribution is 0.101. The van der Waals surface area contributed by atoms with Crippen LogP contribution in [0.25, 0.3) is 0 Å². The first-order valence-electron chi connectivity index (χ1n) is 10.1. The maximum Gasteiger partial charge on any atom is 0.249 e. The molecule has 0 atom stereocenters. The fourth-order valence-corrected chi connectivity index (χ4v) is 3.63. The van der Waals surface area contributed by atoms with Crippen molar-refractivity contribution in [2.45, 2.75) is 44.6 Å². The highest BCUT2D eigenvalue weighted by Gasteiger charge is 2.25. The lowest BCUT2D eigenvalue weighted by Gasteiger charge is -2.30. The Hall–Kier alpha value is -3.05. The van der Waals surface area contributed by atoms with Gasteiger partial charge in [0.2, 0.25) is 5.95 Å². The fourth-order valence-electron chi connectivity index (χ4n) is 3.63. The molecule has 2 heterocycles. The molecular weight excluding hydrogens is 366 g/mol. The molecule has 1 aliphatic carbocycles. The number of likely N-dealkylation sites (tertiary alicyclic amines) is 1. The van der Waals surface area contributed by atoms with E-state index in [-0.39, 0.29) is 11.5 Å². The lowest BCUT2D eigenvalue weighted by Crippen LogP contribution is -2.33. The first-order chi connectivity index (χ1) is 14.1. The van der Waals surface area contributed by atoms with Crippen LogP contribution in [0, 0.1) is 11.3 Å². The molecule has 2 aliphatic rings. The molecule has 1 saturated carbocycles. The Bertz CT molecular complexity index is 910. The number of piperidine rings is 1. The summed E-state index contributed by atoms with van der Waals surface area (Å²) in [5.74, 6) is 1.25. The highest BCUT2D eigenvalue weighted by atomic mass is 16.1. The summed E-state index contributed by atoms with van der Waals surface area (Å²) in [5.41, 5.74) is 2.47. The van der Waals surface area contributed by atoms with Crippen LogP contribution in [0.5, 0.6) is 0 Å². The maximum absolute atomic E-state index is 11.8. The normalized spacial score (nSPS) is 17.5. The molecule has 0 radical (unpaired) electrons. The second-order valence-corrected chi connectivity index (χ2v) is 7.76. The number of Topliss-reactive ketones (excluding diaryl/α,β-unsaturated/α-hetero) is 1. The number of nitriles is 1. The van der Waals surface area contributed by atoms with Gasteiger partial charge in [-0.1, -0.05) is 12.1 Å². The van der Waals surface area contributed by atoms with Gasteiger partial charge in [-0.3, -0.25) is 9.69 Å². The molecule has 29 heavy (non-hydrogen) atoms. The van der Waals surface area contributed by atoms with E-state index < -0.39 is 0 Å². The van der Waals surface area contributed by atoms with Gasteiger partial charge in [-0.25, -0.2) is 0 Å². The zero-order valence-electron chi connectivity index (χ0n) is 16.6. The molecule has 4 rings (SSSR count). The molecule has 0 bridgehead atoms. The predicted octanol–water partition coefficient (Wildman–Crippen LogP) is 3.10. The molecule has 1 aromatic carbocycles. The second kappa shape index (κ2) is 8.53. The van der Waals surface area contributed by atoms with E-state index in [2.05, 4.69) is 48.9 Å². The Balaban J connectivity index is 1.41. The van der Waals surface area contributed by atoms with E-state index in [1.165, 1.54) is 12.5 Å². The maximum atomic E-state index is 11.8. The smallest absolute Gasteiger partial charge is 0.249 e. The van der Waals surface area contributed by atoms with Crippen molar-refractivity contribution in [2.24, 2.45) is 0 Å². The standard InChI is InChI=1S/C21H25N7O/c1-14(29)19-20(23-17-6-7-17)25-21(27-26-19)24-18-4-2-15(3-5-18)16-8-11-28(12-9-16)13-10-22/h2-5,16-17H,6-9,11-13H2,1H3,(H2,23,24,25,27). The Morgan fingerprint density at radius 2 is 1.90 bits per heavy atom. The molecule has 150 valence electrons. The Labute approximate surface area is 170 Å². The van der Waals surface area contributed by atoms with Gasteiger partial charge in [0, 0.05) is 18.7 Å². The van der Waals surface area contributed by atoms with Gasteiger partial charge < -0.3 is 10.6 Å². The van der Waals surface area contributed by atoms with Crippen LogP contribution in [0.4, 0.5) is 17.5 Å². The topological polar surface area (TPSA) is 107 Å². The zero-order valence-corrected chi connectivity index (χ0v) is 16.6. The van der Waals surface area contributed by atoms with Crippen LogP contribution < -0.4 is 10.6 Å². The lowest BCUT2D eigenvalue weighted by atomic mass is 9.89. The Kier molecular flexibility index (Phi) is 5.67. The summed E-state index contributed by atoms with van der Waals surface area (Å²) >= 11 is 0. The van der Waals surface area contributed by atoms with Crippen molar-refractivity contribution in [1.82, 2.24) is 20.1 Å². The third kappa shape index (κ3) is 4.87. The molecule has 2 N–H and O–H groups in total. The molecule has 1 aliphatic heterocycles. The van der Waals surface area contributed by atoms with E-state index in [4.69, 9.17) is 5.26 Å². The SMILES string of the molecule is CC(=O)c1nnc(Nc2ccc(C3CCN(CC#N)CC3)cc2)nc1NC1CC1. The molecular formula is C21H25N7O. The van der Waals surface area contributed by atoms with E-state index in [1.807, 2.05) is 12.1 Å². The summed E-state index contributed by atoms with van der Waals surface area (Å²) in [4.78, 5) is 18.4. The molecule has 2 aromatic rings. The quantitative estimate of drug-likeness (QED) is 0.548. The second-order valence-electron chi connectivity index (χ2n) is 7.76. The van der Waals surface area contributed by atoms with Crippen molar-refractivity contribution >= 4 is 23.2 Å². The van der Waals surface area contributed by atoms with E-state index in [0.717, 1.165) is 44.5 Å². The number of nitrogens with zero attached hydrogens (tertiary/aromatic N) is 5. The van der Waals surface area contributed by atoms with Crippen LogP contribution in [0.3, 0.4) is 0 Å². The zero-order chi connectivity index (χ0) is 20.2. The van der Waals surface area contributed by atoms with Gasteiger partial charge in [0.25, 0.3) is 0 Å². The number of benzene rings is 1. The minimum Gasteiger partial charge on any atom is -0.365 e. The van der Waals surface area contributed by atoms with E-state index in [1.54, 1.807) is 0 Å². The molecule has 8 heteroatoms. The number of carbonyl (C=O) groups is 1. The molecule has 1 aromatic heterocycles. The molecule has 0 spiro atoms. The van der Waals surface area contributed by atoms with Crippen LogP contribution in [-0.4, -0.2) is 51.5 Å². The molecule has 8 nitrogen and oxygen atoms in total. The van der Waals surface area contributed by atoms with Gasteiger partial charge >= 0.3 is 0 Å². The van der Waals surface area contributed by atoms with Crippen LogP contribution >= 0.6 is 0 Å². The monoisotopic (exact) mass is 391 g/mol. The van der Waals surface area contributed by atoms with Crippen molar-refractivity contribution < 1.29 is 4.79 Å². The van der Waals surface area contributed by atoms with E-state index in [9.17, 15) is 4.79 Å². The largest absolute Gasteiger partial charge is 0.365 e. The van der Waals surface area contributed by atoms with Crippen LogP contribution in [0.2, 0.25) is 0 Å². The number of rotatable bonds is 7. The van der Waals surface area contributed by atoms with Gasteiger partial charge in [0.05, 0.1) is 12.6 Å². The van der Waals surface area contributed by atoms with Crippen LogP contribution in [0.1, 0.15) is 54.6 Å². The summed E-state index contributed by atoms with van der Waals surface area (Å²) in [6.45, 7) is 3.93.